The molecule has 0 aliphatic carbocycles. The minimum absolute atomic E-state index is 0.255. The van der Waals surface area contributed by atoms with Crippen LogP contribution in [-0.4, -0.2) is 40.6 Å². The van der Waals surface area contributed by atoms with Gasteiger partial charge in [-0.25, -0.2) is 5.48 Å². The van der Waals surface area contributed by atoms with Crippen molar-refractivity contribution in [2.75, 3.05) is 13.7 Å². The number of fused-ring (bicyclic) bond motifs is 1. The molecule has 0 spiro atoms. The van der Waals surface area contributed by atoms with Gasteiger partial charge in [-0.2, -0.15) is 0 Å². The Morgan fingerprint density at radius 2 is 2.04 bits per heavy atom. The Morgan fingerprint density at radius 1 is 1.31 bits per heavy atom. The topological polar surface area (TPSA) is 91.3 Å². The van der Waals surface area contributed by atoms with E-state index in [4.69, 9.17) is 14.7 Å². The Morgan fingerprint density at radius 3 is 2.69 bits per heavy atom. The number of carbonyl (C=O) groups is 1. The Hall–Kier alpha value is -2.61. The lowest BCUT2D eigenvalue weighted by atomic mass is 10.1. The zero-order valence-electron chi connectivity index (χ0n) is 14.7. The third kappa shape index (κ3) is 4.13. The molecule has 138 valence electrons. The molecule has 3 rings (SSSR count). The van der Waals surface area contributed by atoms with E-state index in [2.05, 4.69) is 4.90 Å². The van der Waals surface area contributed by atoms with E-state index in [0.29, 0.717) is 25.4 Å². The van der Waals surface area contributed by atoms with Crippen LogP contribution < -0.4 is 15.0 Å². The molecular formula is C19H22N2O5. The summed E-state index contributed by atoms with van der Waals surface area (Å²) in [6, 6.07) is 12.7. The summed E-state index contributed by atoms with van der Waals surface area (Å²) in [5, 5.41) is 19.4. The molecule has 1 amide bonds. The normalized spacial score (nSPS) is 19.8. The Labute approximate surface area is 151 Å². The van der Waals surface area contributed by atoms with Crippen LogP contribution >= 0.6 is 0 Å². The number of carbonyl (C=O) groups excluding carboxylic acids is 1. The first-order valence-corrected chi connectivity index (χ1v) is 8.24. The molecule has 2 aromatic carbocycles. The molecule has 7 heteroatoms. The molecule has 1 aliphatic rings. The second kappa shape index (κ2) is 7.33. The van der Waals surface area contributed by atoms with Crippen molar-refractivity contribution >= 4 is 5.91 Å². The molecule has 26 heavy (non-hydrogen) atoms. The molecule has 0 saturated carbocycles. The number of hydrogen-bond acceptors (Lipinski definition) is 6. The van der Waals surface area contributed by atoms with Gasteiger partial charge in [0.2, 0.25) is 5.79 Å². The number of aliphatic hydroxyl groups is 1. The molecule has 0 aromatic heterocycles. The molecule has 0 unspecified atom stereocenters. The minimum Gasteiger partial charge on any atom is -0.497 e. The first-order valence-electron chi connectivity index (χ1n) is 8.24. The van der Waals surface area contributed by atoms with Gasteiger partial charge in [0.05, 0.1) is 13.7 Å². The maximum atomic E-state index is 11.6. The van der Waals surface area contributed by atoms with E-state index in [1.807, 2.05) is 24.3 Å². The van der Waals surface area contributed by atoms with Gasteiger partial charge in [0.15, 0.2) is 0 Å². The minimum atomic E-state index is -1.41. The highest BCUT2D eigenvalue weighted by Crippen LogP contribution is 2.30. The molecule has 3 N–H and O–H groups in total. The van der Waals surface area contributed by atoms with Gasteiger partial charge in [-0.3, -0.25) is 14.9 Å². The van der Waals surface area contributed by atoms with E-state index in [-0.39, 0.29) is 5.56 Å². The van der Waals surface area contributed by atoms with Gasteiger partial charge in [-0.15, -0.1) is 0 Å². The van der Waals surface area contributed by atoms with E-state index >= 15 is 0 Å². The van der Waals surface area contributed by atoms with Crippen LogP contribution in [0.1, 0.15) is 28.4 Å². The number of methoxy groups -OCH3 is 1. The van der Waals surface area contributed by atoms with Gasteiger partial charge in [0, 0.05) is 31.1 Å². The number of rotatable bonds is 4. The van der Waals surface area contributed by atoms with E-state index in [1.54, 1.807) is 31.6 Å². The number of hydroxylamine groups is 1. The number of benzene rings is 2. The maximum Gasteiger partial charge on any atom is 0.274 e. The highest BCUT2D eigenvalue weighted by Gasteiger charge is 2.31. The van der Waals surface area contributed by atoms with Crippen molar-refractivity contribution in [2.45, 2.75) is 25.8 Å². The summed E-state index contributed by atoms with van der Waals surface area (Å²) >= 11 is 0. The first-order chi connectivity index (χ1) is 12.4. The van der Waals surface area contributed by atoms with Gasteiger partial charge in [-0.05, 0) is 29.8 Å². The van der Waals surface area contributed by atoms with Crippen LogP contribution in [0.5, 0.6) is 11.5 Å². The average molecular weight is 358 g/mol. The summed E-state index contributed by atoms with van der Waals surface area (Å²) in [5.41, 5.74) is 3.79. The smallest absolute Gasteiger partial charge is 0.274 e. The fourth-order valence-corrected chi connectivity index (χ4v) is 3.07. The van der Waals surface area contributed by atoms with Crippen LogP contribution in [0, 0.1) is 0 Å². The SMILES string of the molecule is COc1ccc(CN2Cc3ccc(C(=O)NO)cc3O[C@@](C)(O)C2)cc1. The van der Waals surface area contributed by atoms with E-state index < -0.39 is 11.7 Å². The fourth-order valence-electron chi connectivity index (χ4n) is 3.07. The number of ether oxygens (including phenoxy) is 2. The van der Waals surface area contributed by atoms with Crippen LogP contribution in [0.15, 0.2) is 42.5 Å². The van der Waals surface area contributed by atoms with E-state index in [9.17, 15) is 9.90 Å². The van der Waals surface area contributed by atoms with Crippen molar-refractivity contribution in [3.05, 3.63) is 59.2 Å². The summed E-state index contributed by atoms with van der Waals surface area (Å²) in [7, 11) is 1.63. The molecule has 1 heterocycles. The van der Waals surface area contributed by atoms with Gasteiger partial charge < -0.3 is 14.6 Å². The van der Waals surface area contributed by atoms with Gasteiger partial charge >= 0.3 is 0 Å². The Kier molecular flexibility index (Phi) is 5.13. The number of hydrogen-bond donors (Lipinski definition) is 3. The summed E-state index contributed by atoms with van der Waals surface area (Å²) in [5.74, 6) is -0.824. The maximum absolute atomic E-state index is 11.6. The summed E-state index contributed by atoms with van der Waals surface area (Å²) in [6.07, 6.45) is 0. The molecule has 0 fully saturated rings. The number of amides is 1. The molecule has 0 bridgehead atoms. The van der Waals surface area contributed by atoms with Crippen LogP contribution in [0.3, 0.4) is 0 Å². The third-order valence-electron chi connectivity index (χ3n) is 4.24. The monoisotopic (exact) mass is 358 g/mol. The number of nitrogens with one attached hydrogen (secondary N) is 1. The second-order valence-electron chi connectivity index (χ2n) is 6.53. The summed E-state index contributed by atoms with van der Waals surface area (Å²) < 4.78 is 10.9. The quantitative estimate of drug-likeness (QED) is 0.571. The van der Waals surface area contributed by atoms with Crippen molar-refractivity contribution in [1.29, 1.82) is 0 Å². The third-order valence-corrected chi connectivity index (χ3v) is 4.24. The van der Waals surface area contributed by atoms with E-state index in [1.165, 1.54) is 6.07 Å². The Bertz CT molecular complexity index is 789. The van der Waals surface area contributed by atoms with Crippen molar-refractivity contribution in [3.63, 3.8) is 0 Å². The standard InChI is InChI=1S/C19H22N2O5/c1-19(23)12-21(10-13-3-7-16(25-2)8-4-13)11-15-6-5-14(18(22)20-24)9-17(15)26-19/h3-9,23-24H,10-12H2,1-2H3,(H,20,22)/t19-/m1/s1. The molecular weight excluding hydrogens is 336 g/mol. The zero-order valence-corrected chi connectivity index (χ0v) is 14.7. The molecule has 0 saturated heterocycles. The molecule has 1 aliphatic heterocycles. The van der Waals surface area contributed by atoms with Crippen molar-refractivity contribution in [3.8, 4) is 11.5 Å². The predicted molar refractivity (Wildman–Crippen MR) is 94.1 cm³/mol. The largest absolute Gasteiger partial charge is 0.497 e. The fraction of sp³-hybridized carbons (Fsp3) is 0.316. The first kappa shape index (κ1) is 18.2. The average Bonchev–Trinajstić information content (AvgIpc) is 2.74. The van der Waals surface area contributed by atoms with Crippen LogP contribution in [0.25, 0.3) is 0 Å². The second-order valence-corrected chi connectivity index (χ2v) is 6.53. The lowest BCUT2D eigenvalue weighted by Crippen LogP contribution is -2.42. The Balaban J connectivity index is 1.84. The van der Waals surface area contributed by atoms with Gasteiger partial charge in [0.1, 0.15) is 11.5 Å². The van der Waals surface area contributed by atoms with E-state index in [0.717, 1.165) is 16.9 Å². The molecule has 7 nitrogen and oxygen atoms in total. The van der Waals surface area contributed by atoms with Gasteiger partial charge in [-0.1, -0.05) is 18.2 Å². The zero-order chi connectivity index (χ0) is 18.7. The summed E-state index contributed by atoms with van der Waals surface area (Å²) in [6.45, 7) is 3.07. The molecule has 2 aromatic rings. The van der Waals surface area contributed by atoms with Crippen molar-refractivity contribution in [1.82, 2.24) is 10.4 Å². The highest BCUT2D eigenvalue weighted by molar-refractivity contribution is 5.93. The van der Waals surface area contributed by atoms with Crippen molar-refractivity contribution < 1.29 is 24.6 Å². The summed E-state index contributed by atoms with van der Waals surface area (Å²) in [4.78, 5) is 13.7. The molecule has 0 radical (unpaired) electrons. The lowest BCUT2D eigenvalue weighted by Gasteiger charge is -2.28. The predicted octanol–water partition coefficient (Wildman–Crippen LogP) is 1.92. The number of β-amino-alcohol motifs (C(OH)–C–C–N with tert-alkyl or cyclic N) is 1. The van der Waals surface area contributed by atoms with Crippen LogP contribution in [-0.2, 0) is 13.1 Å². The lowest BCUT2D eigenvalue weighted by molar-refractivity contribution is -0.134. The van der Waals surface area contributed by atoms with Crippen molar-refractivity contribution in [2.24, 2.45) is 0 Å². The highest BCUT2D eigenvalue weighted by atomic mass is 16.6. The molecule has 1 atom stereocenters. The van der Waals surface area contributed by atoms with Gasteiger partial charge in [0.25, 0.3) is 5.91 Å². The van der Waals surface area contributed by atoms with Crippen LogP contribution in [0.2, 0.25) is 0 Å². The van der Waals surface area contributed by atoms with Crippen LogP contribution in [0.4, 0.5) is 0 Å². The number of nitrogens with zero attached hydrogens (tertiary/aromatic N) is 1.